The minimum absolute atomic E-state index is 0.0433. The van der Waals surface area contributed by atoms with Gasteiger partial charge in [0.2, 0.25) is 0 Å². The SMILES string of the molecule is C[C@@H](Oc1ccc2ccccc2c1)C(=O)N/N=C\c1cccc([N+](=O)[O-])c1. The summed E-state index contributed by atoms with van der Waals surface area (Å²) in [4.78, 5) is 22.4. The van der Waals surface area contributed by atoms with E-state index in [1.807, 2.05) is 36.4 Å². The third-order valence-electron chi connectivity index (χ3n) is 3.87. The van der Waals surface area contributed by atoms with Gasteiger partial charge in [0.05, 0.1) is 11.1 Å². The highest BCUT2D eigenvalue weighted by molar-refractivity contribution is 5.86. The summed E-state index contributed by atoms with van der Waals surface area (Å²) in [6, 6.07) is 19.4. The molecule has 7 heteroatoms. The number of nitro benzene ring substituents is 1. The second kappa shape index (κ2) is 8.09. The van der Waals surface area contributed by atoms with E-state index in [-0.39, 0.29) is 5.69 Å². The molecule has 0 saturated carbocycles. The number of nitrogens with one attached hydrogen (secondary N) is 1. The summed E-state index contributed by atoms with van der Waals surface area (Å²) in [6.45, 7) is 1.62. The first-order valence-electron chi connectivity index (χ1n) is 8.26. The number of hydrogen-bond acceptors (Lipinski definition) is 5. The molecular formula is C20H17N3O4. The molecule has 0 spiro atoms. The minimum atomic E-state index is -0.756. The van der Waals surface area contributed by atoms with Gasteiger partial charge in [0.1, 0.15) is 5.75 Å². The monoisotopic (exact) mass is 363 g/mol. The number of hydrogen-bond donors (Lipinski definition) is 1. The molecule has 0 saturated heterocycles. The number of hydrazone groups is 1. The first-order valence-corrected chi connectivity index (χ1v) is 8.26. The Labute approximate surface area is 155 Å². The van der Waals surface area contributed by atoms with Crippen LogP contribution in [0.3, 0.4) is 0 Å². The van der Waals surface area contributed by atoms with Crippen LogP contribution in [0, 0.1) is 10.1 Å². The van der Waals surface area contributed by atoms with Gasteiger partial charge >= 0.3 is 0 Å². The van der Waals surface area contributed by atoms with Crippen LogP contribution in [0.1, 0.15) is 12.5 Å². The Balaban J connectivity index is 1.60. The Morgan fingerprint density at radius 3 is 2.67 bits per heavy atom. The second-order valence-electron chi connectivity index (χ2n) is 5.86. The van der Waals surface area contributed by atoms with Crippen molar-refractivity contribution >= 4 is 28.6 Å². The molecule has 0 unspecified atom stereocenters. The number of ether oxygens (including phenoxy) is 1. The standard InChI is InChI=1S/C20H17N3O4/c1-14(27-19-10-9-16-6-2-3-7-17(16)12-19)20(24)22-21-13-15-5-4-8-18(11-15)23(25)26/h2-14H,1H3,(H,22,24)/b21-13-/t14-/m1/s1. The molecule has 3 aromatic rings. The molecule has 0 bridgehead atoms. The van der Waals surface area contributed by atoms with Crippen LogP contribution >= 0.6 is 0 Å². The normalized spacial score (nSPS) is 12.0. The molecule has 1 amide bonds. The predicted molar refractivity (Wildman–Crippen MR) is 103 cm³/mol. The smallest absolute Gasteiger partial charge is 0.280 e. The average molecular weight is 363 g/mol. The minimum Gasteiger partial charge on any atom is -0.481 e. The van der Waals surface area contributed by atoms with Gasteiger partial charge in [-0.15, -0.1) is 0 Å². The fourth-order valence-corrected chi connectivity index (χ4v) is 2.48. The van der Waals surface area contributed by atoms with E-state index in [1.165, 1.54) is 18.3 Å². The van der Waals surface area contributed by atoms with Crippen LogP contribution in [-0.4, -0.2) is 23.1 Å². The van der Waals surface area contributed by atoms with E-state index in [2.05, 4.69) is 10.5 Å². The number of amides is 1. The lowest BCUT2D eigenvalue weighted by Crippen LogP contribution is -2.33. The lowest BCUT2D eigenvalue weighted by molar-refractivity contribution is -0.384. The molecular weight excluding hydrogens is 346 g/mol. The predicted octanol–water partition coefficient (Wildman–Crippen LogP) is 3.67. The molecule has 1 N–H and O–H groups in total. The first-order chi connectivity index (χ1) is 13.0. The van der Waals surface area contributed by atoms with Gasteiger partial charge in [-0.25, -0.2) is 5.43 Å². The van der Waals surface area contributed by atoms with E-state index in [1.54, 1.807) is 25.1 Å². The third-order valence-corrected chi connectivity index (χ3v) is 3.87. The van der Waals surface area contributed by atoms with Crippen LogP contribution in [0.4, 0.5) is 5.69 Å². The molecule has 7 nitrogen and oxygen atoms in total. The Morgan fingerprint density at radius 1 is 1.11 bits per heavy atom. The molecule has 27 heavy (non-hydrogen) atoms. The zero-order chi connectivity index (χ0) is 19.2. The number of carbonyl (C=O) groups excluding carboxylic acids is 1. The molecule has 0 aliphatic carbocycles. The van der Waals surface area contributed by atoms with E-state index in [9.17, 15) is 14.9 Å². The van der Waals surface area contributed by atoms with Crippen molar-refractivity contribution in [3.63, 3.8) is 0 Å². The number of carbonyl (C=O) groups is 1. The number of non-ortho nitro benzene ring substituents is 1. The van der Waals surface area contributed by atoms with Gasteiger partial charge in [0.15, 0.2) is 6.10 Å². The lowest BCUT2D eigenvalue weighted by Gasteiger charge is -2.13. The summed E-state index contributed by atoms with van der Waals surface area (Å²) in [7, 11) is 0. The maximum atomic E-state index is 12.1. The quantitative estimate of drug-likeness (QED) is 0.411. The zero-order valence-electron chi connectivity index (χ0n) is 14.5. The third kappa shape index (κ3) is 4.66. The average Bonchev–Trinajstić information content (AvgIpc) is 2.68. The molecule has 0 fully saturated rings. The highest BCUT2D eigenvalue weighted by Crippen LogP contribution is 2.21. The summed E-state index contributed by atoms with van der Waals surface area (Å²) >= 11 is 0. The first kappa shape index (κ1) is 18.1. The summed E-state index contributed by atoms with van der Waals surface area (Å²) in [5.74, 6) is 0.156. The fourth-order valence-electron chi connectivity index (χ4n) is 2.48. The topological polar surface area (TPSA) is 93.8 Å². The van der Waals surface area contributed by atoms with E-state index in [4.69, 9.17) is 4.74 Å². The van der Waals surface area contributed by atoms with Gasteiger partial charge in [-0.3, -0.25) is 14.9 Å². The van der Waals surface area contributed by atoms with Gasteiger partial charge < -0.3 is 4.74 Å². The Hall–Kier alpha value is -3.74. The molecule has 136 valence electrons. The summed E-state index contributed by atoms with van der Waals surface area (Å²) < 4.78 is 5.66. The van der Waals surface area contributed by atoms with Gasteiger partial charge in [-0.1, -0.05) is 42.5 Å². The maximum Gasteiger partial charge on any atom is 0.280 e. The number of fused-ring (bicyclic) bond motifs is 1. The largest absolute Gasteiger partial charge is 0.481 e. The summed E-state index contributed by atoms with van der Waals surface area (Å²) in [5, 5.41) is 16.7. The van der Waals surface area contributed by atoms with Crippen LogP contribution in [0.2, 0.25) is 0 Å². The number of rotatable bonds is 6. The Kier molecular flexibility index (Phi) is 5.41. The van der Waals surface area contributed by atoms with Crippen LogP contribution in [-0.2, 0) is 4.79 Å². The van der Waals surface area contributed by atoms with Gasteiger partial charge in [0.25, 0.3) is 11.6 Å². The van der Waals surface area contributed by atoms with Gasteiger partial charge in [-0.2, -0.15) is 5.10 Å². The molecule has 3 aromatic carbocycles. The van der Waals surface area contributed by atoms with Crippen molar-refractivity contribution < 1.29 is 14.5 Å². The summed E-state index contributed by atoms with van der Waals surface area (Å²) in [5.41, 5.74) is 2.84. The van der Waals surface area contributed by atoms with Crippen molar-refractivity contribution in [3.8, 4) is 5.75 Å². The van der Waals surface area contributed by atoms with E-state index < -0.39 is 16.9 Å². The second-order valence-corrected chi connectivity index (χ2v) is 5.86. The number of nitrogens with zero attached hydrogens (tertiary/aromatic N) is 2. The van der Waals surface area contributed by atoms with Gasteiger partial charge in [0, 0.05) is 17.7 Å². The van der Waals surface area contributed by atoms with Crippen molar-refractivity contribution in [2.75, 3.05) is 0 Å². The molecule has 0 heterocycles. The van der Waals surface area contributed by atoms with Crippen molar-refractivity contribution in [1.82, 2.24) is 5.43 Å². The lowest BCUT2D eigenvalue weighted by atomic mass is 10.1. The van der Waals surface area contributed by atoms with E-state index >= 15 is 0 Å². The molecule has 0 aliphatic heterocycles. The van der Waals surface area contributed by atoms with Crippen molar-refractivity contribution in [1.29, 1.82) is 0 Å². The Bertz CT molecular complexity index is 1020. The fraction of sp³-hybridized carbons (Fsp3) is 0.100. The molecule has 0 aliphatic rings. The van der Waals surface area contributed by atoms with E-state index in [0.29, 0.717) is 11.3 Å². The molecule has 0 aromatic heterocycles. The summed E-state index contributed by atoms with van der Waals surface area (Å²) in [6.07, 6.45) is 0.585. The maximum absolute atomic E-state index is 12.1. The molecule has 0 radical (unpaired) electrons. The highest BCUT2D eigenvalue weighted by atomic mass is 16.6. The molecule has 3 rings (SSSR count). The zero-order valence-corrected chi connectivity index (χ0v) is 14.5. The van der Waals surface area contributed by atoms with Crippen molar-refractivity contribution in [2.24, 2.45) is 5.10 Å². The number of benzene rings is 3. The van der Waals surface area contributed by atoms with Crippen LogP contribution < -0.4 is 10.2 Å². The highest BCUT2D eigenvalue weighted by Gasteiger charge is 2.14. The molecule has 1 atom stereocenters. The van der Waals surface area contributed by atoms with Crippen LogP contribution in [0.25, 0.3) is 10.8 Å². The van der Waals surface area contributed by atoms with Crippen LogP contribution in [0.5, 0.6) is 5.75 Å². The number of nitro groups is 1. The van der Waals surface area contributed by atoms with Crippen LogP contribution in [0.15, 0.2) is 71.8 Å². The van der Waals surface area contributed by atoms with Crippen molar-refractivity contribution in [3.05, 3.63) is 82.4 Å². The van der Waals surface area contributed by atoms with Crippen molar-refractivity contribution in [2.45, 2.75) is 13.0 Å². The Morgan fingerprint density at radius 2 is 1.89 bits per heavy atom. The van der Waals surface area contributed by atoms with E-state index in [0.717, 1.165) is 10.8 Å². The van der Waals surface area contributed by atoms with Gasteiger partial charge in [-0.05, 0) is 29.8 Å².